The van der Waals surface area contributed by atoms with Crippen LogP contribution in [0.4, 0.5) is 5.69 Å². The lowest BCUT2D eigenvalue weighted by molar-refractivity contribution is 0.130. The Morgan fingerprint density at radius 2 is 1.95 bits per heavy atom. The molecule has 0 saturated heterocycles. The van der Waals surface area contributed by atoms with Crippen LogP contribution in [0.25, 0.3) is 0 Å². The molecule has 0 aliphatic heterocycles. The minimum atomic E-state index is -3.62. The zero-order valence-electron chi connectivity index (χ0n) is 11.7. The predicted octanol–water partition coefficient (Wildman–Crippen LogP) is 1.55. The highest BCUT2D eigenvalue weighted by molar-refractivity contribution is 7.89. The number of aliphatic hydroxyl groups excluding tert-OH is 1. The average Bonchev–Trinajstić information content (AvgIpc) is 2.54. The van der Waals surface area contributed by atoms with Gasteiger partial charge < -0.3 is 10.8 Å². The van der Waals surface area contributed by atoms with E-state index in [0.29, 0.717) is 24.1 Å². The number of nitrogen functional groups attached to an aromatic ring is 1. The van der Waals surface area contributed by atoms with E-state index in [9.17, 15) is 13.5 Å². The number of hydrogen-bond acceptors (Lipinski definition) is 4. The Labute approximate surface area is 120 Å². The van der Waals surface area contributed by atoms with Crippen molar-refractivity contribution in [3.63, 3.8) is 0 Å². The molecular weight excluding hydrogens is 276 g/mol. The normalized spacial score (nSPS) is 24.3. The minimum Gasteiger partial charge on any atom is -0.399 e. The molecule has 20 heavy (non-hydrogen) atoms. The monoisotopic (exact) mass is 298 g/mol. The molecule has 2 unspecified atom stereocenters. The summed E-state index contributed by atoms with van der Waals surface area (Å²) in [5.41, 5.74) is 6.79. The smallest absolute Gasteiger partial charge is 0.241 e. The summed E-state index contributed by atoms with van der Waals surface area (Å²) in [6.07, 6.45) is 3.63. The van der Waals surface area contributed by atoms with Gasteiger partial charge in [-0.15, -0.1) is 0 Å². The lowest BCUT2D eigenvalue weighted by atomic mass is 10.1. The first-order chi connectivity index (χ1) is 9.40. The number of sulfonamides is 1. The molecule has 1 aromatic carbocycles. The number of benzene rings is 1. The summed E-state index contributed by atoms with van der Waals surface area (Å²) in [5.74, 6) is 0. The van der Waals surface area contributed by atoms with Gasteiger partial charge in [-0.25, -0.2) is 13.1 Å². The summed E-state index contributed by atoms with van der Waals surface area (Å²) in [5, 5.41) is 10.0. The molecule has 0 bridgehead atoms. The Hall–Kier alpha value is -1.11. The van der Waals surface area contributed by atoms with Gasteiger partial charge in [0, 0.05) is 11.7 Å². The van der Waals surface area contributed by atoms with Crippen molar-refractivity contribution in [1.29, 1.82) is 0 Å². The third kappa shape index (κ3) is 3.50. The van der Waals surface area contributed by atoms with E-state index in [4.69, 9.17) is 5.73 Å². The van der Waals surface area contributed by atoms with Crippen LogP contribution in [0.3, 0.4) is 0 Å². The Kier molecular flexibility index (Phi) is 4.67. The molecule has 6 heteroatoms. The second-order valence-electron chi connectivity index (χ2n) is 5.46. The van der Waals surface area contributed by atoms with Gasteiger partial charge in [0.25, 0.3) is 0 Å². The molecule has 1 aromatic rings. The van der Waals surface area contributed by atoms with Gasteiger partial charge in [0.1, 0.15) is 0 Å². The van der Waals surface area contributed by atoms with Crippen molar-refractivity contribution in [1.82, 2.24) is 4.72 Å². The van der Waals surface area contributed by atoms with Gasteiger partial charge in [-0.05, 0) is 43.5 Å². The van der Waals surface area contributed by atoms with Crippen LogP contribution in [0.2, 0.25) is 0 Å². The summed E-state index contributed by atoms with van der Waals surface area (Å²) in [6, 6.07) is 4.32. The number of nitrogens with one attached hydrogen (secondary N) is 1. The molecule has 0 radical (unpaired) electrons. The predicted molar refractivity (Wildman–Crippen MR) is 78.8 cm³/mol. The molecule has 112 valence electrons. The van der Waals surface area contributed by atoms with Gasteiger partial charge in [0.2, 0.25) is 10.0 Å². The van der Waals surface area contributed by atoms with Crippen LogP contribution < -0.4 is 10.5 Å². The van der Waals surface area contributed by atoms with Crippen molar-refractivity contribution < 1.29 is 13.5 Å². The molecule has 1 saturated carbocycles. The van der Waals surface area contributed by atoms with Gasteiger partial charge in [-0.3, -0.25) is 0 Å². The second-order valence-corrected chi connectivity index (χ2v) is 7.14. The lowest BCUT2D eigenvalue weighted by Crippen LogP contribution is -2.42. The van der Waals surface area contributed by atoms with Crippen molar-refractivity contribution in [2.24, 2.45) is 0 Å². The fourth-order valence-corrected chi connectivity index (χ4v) is 4.19. The van der Waals surface area contributed by atoms with Crippen molar-refractivity contribution in [3.05, 3.63) is 23.8 Å². The first-order valence-corrected chi connectivity index (χ1v) is 8.45. The first-order valence-electron chi connectivity index (χ1n) is 6.96. The van der Waals surface area contributed by atoms with Crippen molar-refractivity contribution in [2.75, 3.05) is 5.73 Å². The number of aryl methyl sites for hydroxylation is 1. The van der Waals surface area contributed by atoms with Crippen LogP contribution in [0, 0.1) is 6.92 Å². The Balaban J connectivity index is 2.21. The summed E-state index contributed by atoms with van der Waals surface area (Å²) < 4.78 is 27.5. The second kappa shape index (κ2) is 6.11. The maximum Gasteiger partial charge on any atom is 0.241 e. The van der Waals surface area contributed by atoms with E-state index < -0.39 is 22.2 Å². The van der Waals surface area contributed by atoms with Crippen LogP contribution in [0.15, 0.2) is 23.1 Å². The standard InChI is InChI=1S/C14H22N2O3S/c1-10-9-11(15)7-8-14(10)20(18,19)16-12-5-3-2-4-6-13(12)17/h7-9,12-13,16-17H,2-6,15H2,1H3. The Morgan fingerprint density at radius 1 is 1.25 bits per heavy atom. The molecule has 0 spiro atoms. The van der Waals surface area contributed by atoms with E-state index in [1.807, 2.05) is 0 Å². The largest absolute Gasteiger partial charge is 0.399 e. The number of hydrogen-bond donors (Lipinski definition) is 3. The molecular formula is C14H22N2O3S. The number of aliphatic hydroxyl groups is 1. The van der Waals surface area contributed by atoms with E-state index in [1.54, 1.807) is 19.1 Å². The highest BCUT2D eigenvalue weighted by atomic mass is 32.2. The molecule has 5 nitrogen and oxygen atoms in total. The topological polar surface area (TPSA) is 92.4 Å². The van der Waals surface area contributed by atoms with E-state index in [-0.39, 0.29) is 4.90 Å². The van der Waals surface area contributed by atoms with Crippen LogP contribution >= 0.6 is 0 Å². The van der Waals surface area contributed by atoms with Crippen LogP contribution in [-0.4, -0.2) is 25.7 Å². The maximum atomic E-state index is 12.4. The first kappa shape index (κ1) is 15.3. The molecule has 1 aliphatic rings. The van der Waals surface area contributed by atoms with E-state index in [2.05, 4.69) is 4.72 Å². The zero-order chi connectivity index (χ0) is 14.8. The van der Waals surface area contributed by atoms with Crippen LogP contribution in [-0.2, 0) is 10.0 Å². The number of nitrogens with two attached hydrogens (primary N) is 1. The van der Waals surface area contributed by atoms with Crippen LogP contribution in [0.1, 0.15) is 37.7 Å². The number of anilines is 1. The van der Waals surface area contributed by atoms with Crippen molar-refractivity contribution in [2.45, 2.75) is 56.1 Å². The van der Waals surface area contributed by atoms with Gasteiger partial charge >= 0.3 is 0 Å². The van der Waals surface area contributed by atoms with Crippen LogP contribution in [0.5, 0.6) is 0 Å². The van der Waals surface area contributed by atoms with Gasteiger partial charge in [-0.1, -0.05) is 19.3 Å². The third-order valence-electron chi connectivity index (χ3n) is 3.77. The molecule has 1 fully saturated rings. The van der Waals surface area contributed by atoms with Gasteiger partial charge in [-0.2, -0.15) is 0 Å². The highest BCUT2D eigenvalue weighted by Crippen LogP contribution is 2.22. The molecule has 4 N–H and O–H groups in total. The fourth-order valence-electron chi connectivity index (χ4n) is 2.66. The lowest BCUT2D eigenvalue weighted by Gasteiger charge is -2.22. The SMILES string of the molecule is Cc1cc(N)ccc1S(=O)(=O)NC1CCCCCC1O. The average molecular weight is 298 g/mol. The minimum absolute atomic E-state index is 0.225. The Morgan fingerprint density at radius 3 is 2.65 bits per heavy atom. The fraction of sp³-hybridized carbons (Fsp3) is 0.571. The Bertz CT molecular complexity index is 572. The number of rotatable bonds is 3. The molecule has 2 atom stereocenters. The maximum absolute atomic E-state index is 12.4. The molecule has 0 heterocycles. The van der Waals surface area contributed by atoms with E-state index >= 15 is 0 Å². The summed E-state index contributed by atoms with van der Waals surface area (Å²) in [6.45, 7) is 1.72. The molecule has 2 rings (SSSR count). The third-order valence-corrected chi connectivity index (χ3v) is 5.42. The van der Waals surface area contributed by atoms with Gasteiger partial charge in [0.15, 0.2) is 0 Å². The van der Waals surface area contributed by atoms with Crippen molar-refractivity contribution >= 4 is 15.7 Å². The zero-order valence-corrected chi connectivity index (χ0v) is 12.5. The van der Waals surface area contributed by atoms with E-state index in [0.717, 1.165) is 19.3 Å². The molecule has 0 aromatic heterocycles. The summed E-state index contributed by atoms with van der Waals surface area (Å²) in [4.78, 5) is 0.225. The molecule has 1 aliphatic carbocycles. The summed E-state index contributed by atoms with van der Waals surface area (Å²) in [7, 11) is -3.62. The summed E-state index contributed by atoms with van der Waals surface area (Å²) >= 11 is 0. The highest BCUT2D eigenvalue weighted by Gasteiger charge is 2.27. The van der Waals surface area contributed by atoms with Crippen molar-refractivity contribution in [3.8, 4) is 0 Å². The quantitative estimate of drug-likeness (QED) is 0.583. The molecule has 0 amide bonds. The van der Waals surface area contributed by atoms with E-state index in [1.165, 1.54) is 6.07 Å². The van der Waals surface area contributed by atoms with Gasteiger partial charge in [0.05, 0.1) is 11.0 Å².